The Morgan fingerprint density at radius 3 is 3.12 bits per heavy atom. The van der Waals surface area contributed by atoms with Gasteiger partial charge in [-0.2, -0.15) is 4.98 Å². The second-order valence-electron chi connectivity index (χ2n) is 6.19. The second-order valence-corrected chi connectivity index (χ2v) is 8.13. The third-order valence-corrected chi connectivity index (χ3v) is 6.16. The van der Waals surface area contributed by atoms with Gasteiger partial charge in [-0.1, -0.05) is 35.5 Å². The Morgan fingerprint density at radius 1 is 1.31 bits per heavy atom. The molecule has 0 saturated carbocycles. The van der Waals surface area contributed by atoms with E-state index in [9.17, 15) is 4.79 Å². The third-order valence-electron chi connectivity index (χ3n) is 4.37. The van der Waals surface area contributed by atoms with E-state index in [0.29, 0.717) is 23.2 Å². The molecule has 1 atom stereocenters. The van der Waals surface area contributed by atoms with Crippen LogP contribution in [-0.2, 0) is 17.0 Å². The summed E-state index contributed by atoms with van der Waals surface area (Å²) in [5, 5.41) is 9.13. The molecule has 2 heterocycles. The number of thiophene rings is 1. The summed E-state index contributed by atoms with van der Waals surface area (Å²) in [5.41, 5.74) is 2.61. The topological polar surface area (TPSA) is 68.0 Å². The lowest BCUT2D eigenvalue weighted by molar-refractivity contribution is -0.119. The van der Waals surface area contributed by atoms with E-state index in [1.54, 1.807) is 11.3 Å². The number of aromatic nitrogens is 2. The number of carbonyl (C=O) groups is 1. The molecule has 5 nitrogen and oxygen atoms in total. The summed E-state index contributed by atoms with van der Waals surface area (Å²) in [4.78, 5) is 17.7. The number of carbonyl (C=O) groups excluding carboxylic acids is 1. The molecular formula is C19H19N3O2S2. The van der Waals surface area contributed by atoms with E-state index in [4.69, 9.17) is 4.52 Å². The van der Waals surface area contributed by atoms with Gasteiger partial charge in [0.05, 0.1) is 22.4 Å². The second kappa shape index (κ2) is 8.05. The lowest BCUT2D eigenvalue weighted by Crippen LogP contribution is -2.32. The molecule has 1 aliphatic carbocycles. The molecule has 134 valence electrons. The Balaban J connectivity index is 1.27. The van der Waals surface area contributed by atoms with E-state index in [1.807, 2.05) is 23.6 Å². The van der Waals surface area contributed by atoms with Gasteiger partial charge >= 0.3 is 0 Å². The van der Waals surface area contributed by atoms with Crippen LogP contribution in [0, 0.1) is 0 Å². The largest absolute Gasteiger partial charge is 0.349 e. The van der Waals surface area contributed by atoms with Gasteiger partial charge in [0.25, 0.3) is 0 Å². The van der Waals surface area contributed by atoms with Gasteiger partial charge in [0.15, 0.2) is 0 Å². The highest BCUT2D eigenvalue weighted by Gasteiger charge is 2.21. The zero-order valence-corrected chi connectivity index (χ0v) is 15.8. The summed E-state index contributed by atoms with van der Waals surface area (Å²) in [6, 6.07) is 12.4. The number of rotatable bonds is 6. The highest BCUT2D eigenvalue weighted by molar-refractivity contribution is 7.99. The van der Waals surface area contributed by atoms with Gasteiger partial charge in [-0.05, 0) is 41.8 Å². The normalized spacial score (nSPS) is 16.2. The fourth-order valence-electron chi connectivity index (χ4n) is 3.19. The highest BCUT2D eigenvalue weighted by atomic mass is 32.2. The SMILES string of the molecule is O=C(CSCc1nc(-c2cccs2)no1)NC1CCCc2ccccc21. The van der Waals surface area contributed by atoms with Crippen molar-refractivity contribution in [3.8, 4) is 10.7 Å². The Labute approximate surface area is 160 Å². The van der Waals surface area contributed by atoms with Gasteiger partial charge in [0.1, 0.15) is 0 Å². The first-order chi connectivity index (χ1) is 12.8. The number of nitrogens with zero attached hydrogens (tertiary/aromatic N) is 2. The van der Waals surface area contributed by atoms with Crippen molar-refractivity contribution < 1.29 is 9.32 Å². The van der Waals surface area contributed by atoms with E-state index >= 15 is 0 Å². The third kappa shape index (κ3) is 3.99. The summed E-state index contributed by atoms with van der Waals surface area (Å²) >= 11 is 3.07. The van der Waals surface area contributed by atoms with Gasteiger partial charge in [0, 0.05) is 0 Å². The van der Waals surface area contributed by atoms with Crippen molar-refractivity contribution in [2.24, 2.45) is 0 Å². The molecule has 1 aliphatic rings. The Hall–Kier alpha value is -2.12. The van der Waals surface area contributed by atoms with E-state index in [1.165, 1.54) is 22.9 Å². The van der Waals surface area contributed by atoms with Crippen molar-refractivity contribution in [2.45, 2.75) is 31.1 Å². The molecular weight excluding hydrogens is 366 g/mol. The van der Waals surface area contributed by atoms with Gasteiger partial charge in [-0.3, -0.25) is 4.79 Å². The molecule has 1 aromatic carbocycles. The van der Waals surface area contributed by atoms with Crippen LogP contribution in [0.1, 0.15) is 35.9 Å². The van der Waals surface area contributed by atoms with Crippen molar-refractivity contribution in [3.05, 3.63) is 58.8 Å². The molecule has 0 saturated heterocycles. The number of hydrogen-bond acceptors (Lipinski definition) is 6. The maximum atomic E-state index is 12.3. The summed E-state index contributed by atoms with van der Waals surface area (Å²) in [7, 11) is 0. The van der Waals surface area contributed by atoms with Crippen LogP contribution in [0.15, 0.2) is 46.3 Å². The smallest absolute Gasteiger partial charge is 0.236 e. The van der Waals surface area contributed by atoms with Crippen molar-refractivity contribution in [1.29, 1.82) is 0 Å². The Bertz CT molecular complexity index is 877. The Kier molecular flexibility index (Phi) is 5.36. The van der Waals surface area contributed by atoms with Gasteiger partial charge < -0.3 is 9.84 Å². The van der Waals surface area contributed by atoms with Crippen LogP contribution in [0.2, 0.25) is 0 Å². The van der Waals surface area contributed by atoms with E-state index in [-0.39, 0.29) is 11.9 Å². The summed E-state index contributed by atoms with van der Waals surface area (Å²) in [6.07, 6.45) is 3.21. The van der Waals surface area contributed by atoms with Crippen LogP contribution in [0.25, 0.3) is 10.7 Å². The van der Waals surface area contributed by atoms with Crippen LogP contribution >= 0.6 is 23.1 Å². The zero-order chi connectivity index (χ0) is 17.8. The first kappa shape index (κ1) is 17.3. The monoisotopic (exact) mass is 385 g/mol. The standard InChI is InChI=1S/C19H19N3O2S2/c23-17(20-15-8-3-6-13-5-1-2-7-14(13)15)11-25-12-18-21-19(22-24-18)16-9-4-10-26-16/h1-2,4-5,7,9-10,15H,3,6,8,11-12H2,(H,20,23). The maximum absolute atomic E-state index is 12.3. The number of thioether (sulfide) groups is 1. The summed E-state index contributed by atoms with van der Waals surface area (Å²) < 4.78 is 5.26. The highest BCUT2D eigenvalue weighted by Crippen LogP contribution is 2.29. The quantitative estimate of drug-likeness (QED) is 0.688. The minimum Gasteiger partial charge on any atom is -0.349 e. The first-order valence-electron chi connectivity index (χ1n) is 8.61. The fraction of sp³-hybridized carbons (Fsp3) is 0.316. The lowest BCUT2D eigenvalue weighted by atomic mass is 9.88. The van der Waals surface area contributed by atoms with Crippen LogP contribution in [-0.4, -0.2) is 21.8 Å². The molecule has 3 aromatic rings. The molecule has 0 fully saturated rings. The molecule has 0 aliphatic heterocycles. The summed E-state index contributed by atoms with van der Waals surface area (Å²) in [5.74, 6) is 2.13. The van der Waals surface area contributed by atoms with Crippen molar-refractivity contribution in [1.82, 2.24) is 15.5 Å². The molecule has 26 heavy (non-hydrogen) atoms. The number of hydrogen-bond donors (Lipinski definition) is 1. The molecule has 0 radical (unpaired) electrons. The fourth-order valence-corrected chi connectivity index (χ4v) is 4.50. The van der Waals surface area contributed by atoms with Crippen molar-refractivity contribution >= 4 is 29.0 Å². The van der Waals surface area contributed by atoms with Crippen LogP contribution in [0.5, 0.6) is 0 Å². The minimum absolute atomic E-state index is 0.0506. The zero-order valence-electron chi connectivity index (χ0n) is 14.2. The van der Waals surface area contributed by atoms with Gasteiger partial charge in [-0.25, -0.2) is 0 Å². The molecule has 0 bridgehead atoms. The first-order valence-corrected chi connectivity index (χ1v) is 10.6. The van der Waals surface area contributed by atoms with E-state index in [0.717, 1.165) is 24.1 Å². The number of fused-ring (bicyclic) bond motifs is 1. The summed E-state index contributed by atoms with van der Waals surface area (Å²) in [6.45, 7) is 0. The molecule has 1 amide bonds. The van der Waals surface area contributed by atoms with Crippen LogP contribution < -0.4 is 5.32 Å². The average molecular weight is 386 g/mol. The van der Waals surface area contributed by atoms with Gasteiger partial charge in [-0.15, -0.1) is 23.1 Å². The number of aryl methyl sites for hydroxylation is 1. The predicted octanol–water partition coefficient (Wildman–Crippen LogP) is 4.23. The Morgan fingerprint density at radius 2 is 2.23 bits per heavy atom. The van der Waals surface area contributed by atoms with Crippen LogP contribution in [0.3, 0.4) is 0 Å². The molecule has 0 spiro atoms. The maximum Gasteiger partial charge on any atom is 0.236 e. The number of amides is 1. The molecule has 4 rings (SSSR count). The molecule has 1 unspecified atom stereocenters. The van der Waals surface area contributed by atoms with Crippen molar-refractivity contribution in [3.63, 3.8) is 0 Å². The lowest BCUT2D eigenvalue weighted by Gasteiger charge is -2.26. The van der Waals surface area contributed by atoms with Crippen molar-refractivity contribution in [2.75, 3.05) is 5.75 Å². The number of nitrogens with one attached hydrogen (secondary N) is 1. The average Bonchev–Trinajstić information content (AvgIpc) is 3.34. The predicted molar refractivity (Wildman–Crippen MR) is 104 cm³/mol. The minimum atomic E-state index is 0.0506. The molecule has 2 aromatic heterocycles. The van der Waals surface area contributed by atoms with E-state index < -0.39 is 0 Å². The van der Waals surface area contributed by atoms with Gasteiger partial charge in [0.2, 0.25) is 17.6 Å². The van der Waals surface area contributed by atoms with E-state index in [2.05, 4.69) is 33.7 Å². The molecule has 7 heteroatoms. The number of benzene rings is 1. The molecule has 1 N–H and O–H groups in total. The van der Waals surface area contributed by atoms with Crippen LogP contribution in [0.4, 0.5) is 0 Å².